The van der Waals surface area contributed by atoms with Crippen molar-refractivity contribution in [3.05, 3.63) is 64.0 Å². The van der Waals surface area contributed by atoms with Crippen LogP contribution in [0.3, 0.4) is 0 Å². The lowest BCUT2D eigenvalue weighted by Gasteiger charge is -2.12. The molecule has 0 saturated heterocycles. The van der Waals surface area contributed by atoms with E-state index in [1.54, 1.807) is 25.4 Å². The SMILES string of the molecule is CCN(C)C=Nc1cc(C)c(C(=O)Cc2c(F)cc(F)cc2F)cc1C. The molecule has 0 aliphatic heterocycles. The molecule has 0 N–H and O–H groups in total. The molecule has 0 spiro atoms. The van der Waals surface area contributed by atoms with Gasteiger partial charge in [-0.1, -0.05) is 0 Å². The van der Waals surface area contributed by atoms with Crippen molar-refractivity contribution in [2.24, 2.45) is 4.99 Å². The topological polar surface area (TPSA) is 32.7 Å². The summed E-state index contributed by atoms with van der Waals surface area (Å²) in [5.41, 5.74) is 2.10. The molecule has 0 aliphatic carbocycles. The van der Waals surface area contributed by atoms with Gasteiger partial charge in [-0.25, -0.2) is 18.2 Å². The zero-order valence-corrected chi connectivity index (χ0v) is 15.2. The first-order valence-corrected chi connectivity index (χ1v) is 8.25. The zero-order chi connectivity index (χ0) is 19.4. The number of nitrogens with zero attached hydrogens (tertiary/aromatic N) is 2. The summed E-state index contributed by atoms with van der Waals surface area (Å²) in [6.07, 6.45) is 1.23. The van der Waals surface area contributed by atoms with Crippen LogP contribution in [0.15, 0.2) is 29.3 Å². The van der Waals surface area contributed by atoms with E-state index < -0.39 is 35.2 Å². The van der Waals surface area contributed by atoms with Crippen LogP contribution in [0.2, 0.25) is 0 Å². The lowest BCUT2D eigenvalue weighted by Crippen LogP contribution is -2.14. The smallest absolute Gasteiger partial charge is 0.167 e. The van der Waals surface area contributed by atoms with Gasteiger partial charge in [0, 0.05) is 43.3 Å². The standard InChI is InChI=1S/C20H21F3N2O/c1-5-25(4)11-24-19-7-12(2)15(6-13(19)3)20(26)10-16-17(22)8-14(21)9-18(16)23/h6-9,11H,5,10H2,1-4H3. The van der Waals surface area contributed by atoms with E-state index in [0.717, 1.165) is 17.8 Å². The van der Waals surface area contributed by atoms with E-state index >= 15 is 0 Å². The maximum Gasteiger partial charge on any atom is 0.167 e. The highest BCUT2D eigenvalue weighted by atomic mass is 19.1. The molecule has 0 aromatic heterocycles. The van der Waals surface area contributed by atoms with E-state index in [-0.39, 0.29) is 0 Å². The number of hydrogen-bond acceptors (Lipinski definition) is 2. The average molecular weight is 362 g/mol. The molecular weight excluding hydrogens is 341 g/mol. The monoisotopic (exact) mass is 362 g/mol. The molecule has 0 fully saturated rings. The quantitative estimate of drug-likeness (QED) is 0.422. The first-order valence-electron chi connectivity index (χ1n) is 8.25. The minimum atomic E-state index is -1.06. The Hall–Kier alpha value is -2.63. The highest BCUT2D eigenvalue weighted by Gasteiger charge is 2.18. The highest BCUT2D eigenvalue weighted by Crippen LogP contribution is 2.25. The van der Waals surface area contributed by atoms with Crippen LogP contribution in [-0.4, -0.2) is 30.6 Å². The molecule has 0 saturated carbocycles. The number of carbonyl (C=O) groups is 1. The summed E-state index contributed by atoms with van der Waals surface area (Å²) in [5.74, 6) is -3.57. The molecule has 0 amide bonds. The van der Waals surface area contributed by atoms with Crippen LogP contribution >= 0.6 is 0 Å². The third-order valence-electron chi connectivity index (χ3n) is 4.18. The number of halogens is 3. The summed E-state index contributed by atoms with van der Waals surface area (Å²) < 4.78 is 40.6. The number of aryl methyl sites for hydroxylation is 2. The Kier molecular flexibility index (Phi) is 6.18. The van der Waals surface area contributed by atoms with Crippen molar-refractivity contribution >= 4 is 17.8 Å². The molecule has 6 heteroatoms. The third kappa shape index (κ3) is 4.50. The number of rotatable bonds is 6. The molecule has 2 rings (SSSR count). The molecule has 26 heavy (non-hydrogen) atoms. The van der Waals surface area contributed by atoms with E-state index in [0.29, 0.717) is 23.3 Å². The van der Waals surface area contributed by atoms with Gasteiger partial charge in [0.15, 0.2) is 5.78 Å². The fourth-order valence-corrected chi connectivity index (χ4v) is 2.48. The summed E-state index contributed by atoms with van der Waals surface area (Å²) in [4.78, 5) is 18.8. The van der Waals surface area contributed by atoms with Crippen LogP contribution in [0.1, 0.15) is 34.0 Å². The Morgan fingerprint density at radius 3 is 2.27 bits per heavy atom. The molecule has 3 nitrogen and oxygen atoms in total. The Bertz CT molecular complexity index is 839. The van der Waals surface area contributed by atoms with Crippen molar-refractivity contribution in [2.45, 2.75) is 27.2 Å². The molecule has 2 aromatic carbocycles. The van der Waals surface area contributed by atoms with Gasteiger partial charge in [0.25, 0.3) is 0 Å². The predicted octanol–water partition coefficient (Wildman–Crippen LogP) is 4.76. The molecule has 0 heterocycles. The number of carbonyl (C=O) groups excluding carboxylic acids is 1. The van der Waals surface area contributed by atoms with Crippen LogP contribution in [-0.2, 0) is 6.42 Å². The average Bonchev–Trinajstić information content (AvgIpc) is 2.57. The van der Waals surface area contributed by atoms with Gasteiger partial charge >= 0.3 is 0 Å². The normalized spacial score (nSPS) is 11.2. The van der Waals surface area contributed by atoms with Crippen LogP contribution in [0, 0.1) is 31.3 Å². The van der Waals surface area contributed by atoms with Crippen molar-refractivity contribution in [3.8, 4) is 0 Å². The maximum atomic E-state index is 13.8. The van der Waals surface area contributed by atoms with E-state index in [9.17, 15) is 18.0 Å². The number of benzene rings is 2. The van der Waals surface area contributed by atoms with Crippen LogP contribution in [0.5, 0.6) is 0 Å². The number of ketones is 1. The molecule has 0 aliphatic rings. The number of aliphatic imine (C=N–C) groups is 1. The van der Waals surface area contributed by atoms with Crippen molar-refractivity contribution < 1.29 is 18.0 Å². The van der Waals surface area contributed by atoms with Crippen molar-refractivity contribution in [1.82, 2.24) is 4.90 Å². The van der Waals surface area contributed by atoms with Gasteiger partial charge in [0.2, 0.25) is 0 Å². The second kappa shape index (κ2) is 8.17. The van der Waals surface area contributed by atoms with E-state index in [2.05, 4.69) is 4.99 Å². The summed E-state index contributed by atoms with van der Waals surface area (Å²) in [5, 5.41) is 0. The summed E-state index contributed by atoms with van der Waals surface area (Å²) in [6.45, 7) is 6.37. The molecule has 0 radical (unpaired) electrons. The lowest BCUT2D eigenvalue weighted by molar-refractivity contribution is 0.0990. The van der Waals surface area contributed by atoms with Crippen molar-refractivity contribution in [2.75, 3.05) is 13.6 Å². The van der Waals surface area contributed by atoms with Gasteiger partial charge in [-0.05, 0) is 44.0 Å². The Morgan fingerprint density at radius 2 is 1.69 bits per heavy atom. The van der Waals surface area contributed by atoms with Gasteiger partial charge in [0.1, 0.15) is 17.5 Å². The highest BCUT2D eigenvalue weighted by molar-refractivity contribution is 5.99. The van der Waals surface area contributed by atoms with Gasteiger partial charge < -0.3 is 4.90 Å². The first-order chi connectivity index (χ1) is 12.2. The molecular formula is C20H21F3N2O. The third-order valence-corrected chi connectivity index (χ3v) is 4.18. The summed E-state index contributed by atoms with van der Waals surface area (Å²) in [7, 11) is 1.90. The van der Waals surface area contributed by atoms with E-state index in [4.69, 9.17) is 0 Å². The molecule has 0 unspecified atom stereocenters. The van der Waals surface area contributed by atoms with Gasteiger partial charge in [0.05, 0.1) is 12.0 Å². The fourth-order valence-electron chi connectivity index (χ4n) is 2.48. The Labute approximate surface area is 151 Å². The summed E-state index contributed by atoms with van der Waals surface area (Å²) in [6, 6.07) is 4.58. The van der Waals surface area contributed by atoms with E-state index in [1.165, 1.54) is 0 Å². The van der Waals surface area contributed by atoms with Crippen molar-refractivity contribution in [3.63, 3.8) is 0 Å². The second-order valence-electron chi connectivity index (χ2n) is 6.22. The van der Waals surface area contributed by atoms with Crippen LogP contribution in [0.25, 0.3) is 0 Å². The molecule has 2 aromatic rings. The molecule has 0 bridgehead atoms. The van der Waals surface area contributed by atoms with Crippen LogP contribution in [0.4, 0.5) is 18.9 Å². The number of Topliss-reactive ketones (excluding diaryl/α,β-unsaturated/α-hetero) is 1. The Morgan fingerprint density at radius 1 is 1.08 bits per heavy atom. The minimum absolute atomic E-state index is 0.369. The zero-order valence-electron chi connectivity index (χ0n) is 15.2. The fraction of sp³-hybridized carbons (Fsp3) is 0.300. The van der Waals surface area contributed by atoms with E-state index in [1.807, 2.05) is 25.8 Å². The predicted molar refractivity (Wildman–Crippen MR) is 96.7 cm³/mol. The largest absolute Gasteiger partial charge is 0.366 e. The summed E-state index contributed by atoms with van der Waals surface area (Å²) >= 11 is 0. The lowest BCUT2D eigenvalue weighted by atomic mass is 9.96. The molecule has 0 atom stereocenters. The molecule has 138 valence electrons. The van der Waals surface area contributed by atoms with Gasteiger partial charge in [-0.2, -0.15) is 0 Å². The first kappa shape index (κ1) is 19.7. The number of hydrogen-bond donors (Lipinski definition) is 0. The van der Waals surface area contributed by atoms with Gasteiger partial charge in [-0.15, -0.1) is 0 Å². The maximum absolute atomic E-state index is 13.8. The van der Waals surface area contributed by atoms with Crippen molar-refractivity contribution in [1.29, 1.82) is 0 Å². The van der Waals surface area contributed by atoms with Gasteiger partial charge in [-0.3, -0.25) is 4.79 Å². The Balaban J connectivity index is 2.30. The second-order valence-corrected chi connectivity index (χ2v) is 6.22. The van der Waals surface area contributed by atoms with Crippen LogP contribution < -0.4 is 0 Å². The minimum Gasteiger partial charge on any atom is -0.366 e.